The topological polar surface area (TPSA) is 25.8 Å². The minimum absolute atomic E-state index is 0. The Bertz CT molecular complexity index is 81.6. The molecule has 40 valence electrons. The molecule has 1 aromatic heterocycles. The summed E-state index contributed by atoms with van der Waals surface area (Å²) < 4.78 is 0. The van der Waals surface area contributed by atoms with Crippen molar-refractivity contribution in [2.24, 2.45) is 0 Å². The first-order valence-corrected chi connectivity index (χ1v) is 1.62. The van der Waals surface area contributed by atoms with Gasteiger partial charge in [-0.1, -0.05) is 12.4 Å². The Balaban J connectivity index is 0.000000360. The molecule has 2 nitrogen and oxygen atoms in total. The van der Waals surface area contributed by atoms with Crippen LogP contribution in [0.5, 0.6) is 0 Å². The second kappa shape index (κ2) is 4.51. The van der Waals surface area contributed by atoms with Gasteiger partial charge in [-0.05, 0) is 6.33 Å². The Kier molecular flexibility index (Phi) is 4.74. The molecule has 0 atom stereocenters. The van der Waals surface area contributed by atoms with Crippen LogP contribution in [0.1, 0.15) is 0 Å². The maximum absolute atomic E-state index is 3.64. The van der Waals surface area contributed by atoms with E-state index in [9.17, 15) is 0 Å². The van der Waals surface area contributed by atoms with E-state index in [1.807, 2.05) is 0 Å². The second-order valence-electron chi connectivity index (χ2n) is 0.838. The molecule has 0 radical (unpaired) electrons. The van der Waals surface area contributed by atoms with E-state index in [-0.39, 0.29) is 38.2 Å². The van der Waals surface area contributed by atoms with Gasteiger partial charge in [0, 0.05) is 38.2 Å². The molecule has 0 N–H and O–H groups in total. The first-order valence-electron chi connectivity index (χ1n) is 1.62. The van der Waals surface area contributed by atoms with Crippen LogP contribution >= 0.6 is 0 Å². The minimum atomic E-state index is 0. The van der Waals surface area contributed by atoms with Crippen molar-refractivity contribution in [2.45, 2.75) is 0 Å². The fourth-order valence-electron chi connectivity index (χ4n) is 0.225. The van der Waals surface area contributed by atoms with Crippen molar-refractivity contribution in [3.8, 4) is 0 Å². The Hall–Kier alpha value is 0.353. The van der Waals surface area contributed by atoms with Crippen LogP contribution in [-0.4, -0.2) is 9.97 Å². The number of hydrogen-bond acceptors (Lipinski definition) is 2. The van der Waals surface area contributed by atoms with E-state index >= 15 is 0 Å². The maximum atomic E-state index is 3.64. The predicted octanol–water partition coefficient (Wildman–Crippen LogP) is 0.277. The molecular formula is C4H3DyN2-. The summed E-state index contributed by atoms with van der Waals surface area (Å²) in [5.41, 5.74) is 0. The van der Waals surface area contributed by atoms with Crippen LogP contribution < -0.4 is 0 Å². The van der Waals surface area contributed by atoms with Crippen molar-refractivity contribution in [3.63, 3.8) is 0 Å². The predicted molar refractivity (Wildman–Crippen MR) is 20.9 cm³/mol. The Morgan fingerprint density at radius 2 is 2.29 bits per heavy atom. The smallest absolute Gasteiger partial charge is 0 e. The number of rotatable bonds is 0. The maximum Gasteiger partial charge on any atom is 0 e. The van der Waals surface area contributed by atoms with Gasteiger partial charge >= 0.3 is 0 Å². The van der Waals surface area contributed by atoms with Gasteiger partial charge in [0.05, 0.1) is 0 Å². The number of hydrogen-bond donors (Lipinski definition) is 0. The van der Waals surface area contributed by atoms with Gasteiger partial charge in [-0.25, -0.2) is 0 Å². The van der Waals surface area contributed by atoms with Crippen molar-refractivity contribution in [1.29, 1.82) is 0 Å². The molecule has 3 heteroatoms. The van der Waals surface area contributed by atoms with E-state index in [4.69, 9.17) is 0 Å². The molecule has 0 bridgehead atoms. The average Bonchev–Trinajstić information content (AvgIpc) is 1.72. The zero-order valence-electron chi connectivity index (χ0n) is 3.44. The molecule has 0 aliphatic rings. The van der Waals surface area contributed by atoms with E-state index in [0.29, 0.717) is 0 Å². The van der Waals surface area contributed by atoms with Gasteiger partial charge in [0.15, 0.2) is 0 Å². The van der Waals surface area contributed by atoms with E-state index in [1.165, 1.54) is 6.33 Å². The zero-order chi connectivity index (χ0) is 4.24. The monoisotopic (exact) mass is 243 g/mol. The zero-order valence-corrected chi connectivity index (χ0v) is 5.47. The summed E-state index contributed by atoms with van der Waals surface area (Å²) >= 11 is 0. The molecule has 0 fully saturated rings. The summed E-state index contributed by atoms with van der Waals surface area (Å²) in [6.07, 6.45) is 5.66. The summed E-state index contributed by atoms with van der Waals surface area (Å²) in [6.45, 7) is 0. The van der Waals surface area contributed by atoms with E-state index in [2.05, 4.69) is 16.2 Å². The van der Waals surface area contributed by atoms with Gasteiger partial charge in [-0.2, -0.15) is 0 Å². The molecule has 7 heavy (non-hydrogen) atoms. The third kappa shape index (κ3) is 2.98. The Morgan fingerprint density at radius 3 is 2.43 bits per heavy atom. The van der Waals surface area contributed by atoms with Gasteiger partial charge in [-0.3, -0.25) is 0 Å². The van der Waals surface area contributed by atoms with Gasteiger partial charge in [0.1, 0.15) is 0 Å². The van der Waals surface area contributed by atoms with Crippen molar-refractivity contribution < 1.29 is 38.2 Å². The fourth-order valence-corrected chi connectivity index (χ4v) is 0.225. The van der Waals surface area contributed by atoms with Gasteiger partial charge < -0.3 is 9.97 Å². The summed E-state index contributed by atoms with van der Waals surface area (Å²) in [6, 6.07) is 1.65. The molecule has 1 rings (SSSR count). The van der Waals surface area contributed by atoms with Crippen molar-refractivity contribution >= 4 is 0 Å². The Labute approximate surface area is 72.4 Å². The first-order chi connectivity index (χ1) is 3.00. The molecule has 0 aliphatic carbocycles. The first kappa shape index (κ1) is 7.35. The minimum Gasteiger partial charge on any atom is -0.376 e. The molecule has 0 saturated heterocycles. The molecule has 0 saturated carbocycles. The molecule has 0 aromatic carbocycles. The van der Waals surface area contributed by atoms with E-state index < -0.39 is 0 Å². The van der Waals surface area contributed by atoms with E-state index in [1.54, 1.807) is 12.3 Å². The number of nitrogens with zero attached hydrogens (tertiary/aromatic N) is 2. The molecule has 0 unspecified atom stereocenters. The van der Waals surface area contributed by atoms with Crippen LogP contribution in [0.25, 0.3) is 0 Å². The SMILES string of the molecule is [Dy].[c-]1ccncn1. The van der Waals surface area contributed by atoms with Crippen molar-refractivity contribution in [3.05, 3.63) is 24.8 Å². The number of aromatic nitrogens is 2. The van der Waals surface area contributed by atoms with Gasteiger partial charge in [-0.15, -0.1) is 6.07 Å². The molecule has 0 spiro atoms. The molecule has 0 amide bonds. The van der Waals surface area contributed by atoms with Crippen molar-refractivity contribution in [1.82, 2.24) is 9.97 Å². The second-order valence-corrected chi connectivity index (χ2v) is 0.838. The van der Waals surface area contributed by atoms with Crippen LogP contribution in [0.2, 0.25) is 0 Å². The third-order valence-corrected chi connectivity index (χ3v) is 0.434. The van der Waals surface area contributed by atoms with Crippen molar-refractivity contribution in [2.75, 3.05) is 0 Å². The van der Waals surface area contributed by atoms with Crippen LogP contribution in [-0.2, 0) is 0 Å². The van der Waals surface area contributed by atoms with Crippen LogP contribution in [0.15, 0.2) is 18.6 Å². The normalized spacial score (nSPS) is 6.86. The summed E-state index contributed by atoms with van der Waals surface area (Å²) in [5, 5.41) is 0. The molecule has 1 heterocycles. The third-order valence-electron chi connectivity index (χ3n) is 0.434. The average molecular weight is 242 g/mol. The van der Waals surface area contributed by atoms with E-state index in [0.717, 1.165) is 0 Å². The molecule has 1 aromatic rings. The largest absolute Gasteiger partial charge is 0.376 e. The van der Waals surface area contributed by atoms with Crippen LogP contribution in [0.4, 0.5) is 0 Å². The summed E-state index contributed by atoms with van der Waals surface area (Å²) in [7, 11) is 0. The van der Waals surface area contributed by atoms with Crippen LogP contribution in [0, 0.1) is 44.4 Å². The van der Waals surface area contributed by atoms with Gasteiger partial charge in [0.25, 0.3) is 0 Å². The van der Waals surface area contributed by atoms with Crippen LogP contribution in [0.3, 0.4) is 0 Å². The Morgan fingerprint density at radius 1 is 1.43 bits per heavy atom. The molecular weight excluding hydrogens is 239 g/mol. The standard InChI is InChI=1S/C4H3N2.Dy/c1-2-5-4-6-3-1;/h1-2,4H;/q-1;. The quantitative estimate of drug-likeness (QED) is 0.610. The fraction of sp³-hybridized carbons (Fsp3) is 0. The summed E-state index contributed by atoms with van der Waals surface area (Å²) in [5.74, 6) is 0. The summed E-state index contributed by atoms with van der Waals surface area (Å²) in [4.78, 5) is 7.19. The molecule has 0 aliphatic heterocycles. The van der Waals surface area contributed by atoms with Gasteiger partial charge in [0.2, 0.25) is 0 Å².